The smallest absolute Gasteiger partial charge is 0.251 e. The van der Waals surface area contributed by atoms with Gasteiger partial charge in [-0.15, -0.1) is 0 Å². The van der Waals surface area contributed by atoms with Gasteiger partial charge in [0.2, 0.25) is 5.91 Å². The minimum atomic E-state index is -0.234. The highest BCUT2D eigenvalue weighted by atomic mass is 16.3. The van der Waals surface area contributed by atoms with E-state index >= 15 is 0 Å². The van der Waals surface area contributed by atoms with Crippen molar-refractivity contribution in [2.75, 3.05) is 18.5 Å². The number of benzene rings is 1. The molecule has 0 heterocycles. The van der Waals surface area contributed by atoms with Crippen molar-refractivity contribution in [1.29, 1.82) is 0 Å². The van der Waals surface area contributed by atoms with Crippen molar-refractivity contribution in [3.8, 4) is 0 Å². The summed E-state index contributed by atoms with van der Waals surface area (Å²) in [5.74, 6) is 0.107. The Morgan fingerprint density at radius 3 is 2.21 bits per heavy atom. The molecule has 0 aliphatic carbocycles. The third-order valence-corrected chi connectivity index (χ3v) is 4.04. The Bertz CT molecular complexity index is 525. The van der Waals surface area contributed by atoms with Gasteiger partial charge in [0.1, 0.15) is 0 Å². The Hall–Kier alpha value is -2.08. The molecule has 134 valence electrons. The Morgan fingerprint density at radius 2 is 1.71 bits per heavy atom. The Kier molecular flexibility index (Phi) is 8.26. The van der Waals surface area contributed by atoms with Gasteiger partial charge in [0, 0.05) is 17.3 Å². The topological polar surface area (TPSA) is 90.5 Å². The zero-order valence-electron chi connectivity index (χ0n) is 14.9. The van der Waals surface area contributed by atoms with Crippen LogP contribution in [0.15, 0.2) is 24.3 Å². The zero-order chi connectivity index (χ0) is 18.1. The fraction of sp³-hybridized carbons (Fsp3) is 0.556. The second-order valence-electron chi connectivity index (χ2n) is 6.29. The lowest BCUT2D eigenvalue weighted by atomic mass is 10.1. The van der Waals surface area contributed by atoms with E-state index in [2.05, 4.69) is 29.8 Å². The molecular formula is C18H29N3O3. The number of aliphatic hydroxyl groups excluding tert-OH is 1. The van der Waals surface area contributed by atoms with E-state index in [1.165, 1.54) is 0 Å². The van der Waals surface area contributed by atoms with E-state index in [0.29, 0.717) is 17.9 Å². The summed E-state index contributed by atoms with van der Waals surface area (Å²) in [5, 5.41) is 17.8. The third kappa shape index (κ3) is 6.58. The Balaban J connectivity index is 2.50. The maximum Gasteiger partial charge on any atom is 0.251 e. The quantitative estimate of drug-likeness (QED) is 0.553. The van der Waals surface area contributed by atoms with Gasteiger partial charge < -0.3 is 21.1 Å². The molecule has 0 fully saturated rings. The molecule has 2 unspecified atom stereocenters. The van der Waals surface area contributed by atoms with Gasteiger partial charge in [-0.3, -0.25) is 9.59 Å². The predicted octanol–water partition coefficient (Wildman–Crippen LogP) is 1.76. The van der Waals surface area contributed by atoms with Crippen molar-refractivity contribution in [3.63, 3.8) is 0 Å². The molecule has 0 bridgehead atoms. The highest BCUT2D eigenvalue weighted by molar-refractivity contribution is 5.94. The summed E-state index contributed by atoms with van der Waals surface area (Å²) in [6.07, 6.45) is 0.672. The molecule has 2 amide bonds. The van der Waals surface area contributed by atoms with Crippen molar-refractivity contribution in [2.45, 2.75) is 46.2 Å². The molecule has 0 radical (unpaired) electrons. The summed E-state index contributed by atoms with van der Waals surface area (Å²) in [5.41, 5.74) is 1.29. The second kappa shape index (κ2) is 9.93. The van der Waals surface area contributed by atoms with Gasteiger partial charge in [0.15, 0.2) is 0 Å². The maximum absolute atomic E-state index is 12.0. The molecule has 0 spiro atoms. The van der Waals surface area contributed by atoms with Crippen molar-refractivity contribution in [1.82, 2.24) is 10.6 Å². The second-order valence-corrected chi connectivity index (χ2v) is 6.29. The number of aliphatic hydroxyl groups is 1. The monoisotopic (exact) mass is 335 g/mol. The molecule has 1 rings (SSSR count). The number of anilines is 1. The van der Waals surface area contributed by atoms with Crippen molar-refractivity contribution in [2.24, 2.45) is 5.92 Å². The van der Waals surface area contributed by atoms with E-state index < -0.39 is 0 Å². The van der Waals surface area contributed by atoms with Crippen molar-refractivity contribution >= 4 is 17.5 Å². The van der Waals surface area contributed by atoms with Gasteiger partial charge in [-0.25, -0.2) is 0 Å². The number of carbonyl (C=O) groups is 2. The third-order valence-electron chi connectivity index (χ3n) is 4.04. The summed E-state index contributed by atoms with van der Waals surface area (Å²) >= 11 is 0. The van der Waals surface area contributed by atoms with Crippen LogP contribution in [0.25, 0.3) is 0 Å². The average molecular weight is 335 g/mol. The first-order valence-corrected chi connectivity index (χ1v) is 8.42. The number of amides is 2. The normalized spacial score (nSPS) is 13.2. The van der Waals surface area contributed by atoms with E-state index in [-0.39, 0.29) is 37.0 Å². The van der Waals surface area contributed by atoms with Crippen LogP contribution in [-0.2, 0) is 4.79 Å². The van der Waals surface area contributed by atoms with E-state index in [1.54, 1.807) is 24.3 Å². The lowest BCUT2D eigenvalue weighted by molar-refractivity contribution is -0.120. The molecule has 1 aromatic rings. The standard InChI is InChI=1S/C18H29N3O3/c1-5-15(11-22)21-18(24)14-6-8-16(9-7-14)19-10-17(23)20-13(4)12(2)3/h6-9,12-13,15,19,22H,5,10-11H2,1-4H3,(H,20,23)(H,21,24). The largest absolute Gasteiger partial charge is 0.394 e. The van der Waals surface area contributed by atoms with Crippen LogP contribution < -0.4 is 16.0 Å². The predicted molar refractivity (Wildman–Crippen MR) is 96.0 cm³/mol. The molecule has 6 nitrogen and oxygen atoms in total. The molecule has 24 heavy (non-hydrogen) atoms. The zero-order valence-corrected chi connectivity index (χ0v) is 14.9. The van der Waals surface area contributed by atoms with Gasteiger partial charge in [-0.1, -0.05) is 20.8 Å². The van der Waals surface area contributed by atoms with E-state index in [1.807, 2.05) is 13.8 Å². The van der Waals surface area contributed by atoms with Crippen LogP contribution >= 0.6 is 0 Å². The number of hydrogen-bond acceptors (Lipinski definition) is 4. The highest BCUT2D eigenvalue weighted by Gasteiger charge is 2.12. The van der Waals surface area contributed by atoms with Gasteiger partial charge >= 0.3 is 0 Å². The van der Waals surface area contributed by atoms with Crippen LogP contribution in [0.3, 0.4) is 0 Å². The Morgan fingerprint density at radius 1 is 1.08 bits per heavy atom. The molecule has 2 atom stereocenters. The number of rotatable bonds is 9. The molecule has 0 saturated heterocycles. The molecule has 0 aliphatic rings. The maximum atomic E-state index is 12.0. The summed E-state index contributed by atoms with van der Waals surface area (Å²) in [7, 11) is 0. The van der Waals surface area contributed by atoms with Crippen LogP contribution in [0.4, 0.5) is 5.69 Å². The van der Waals surface area contributed by atoms with Crippen LogP contribution in [0.1, 0.15) is 44.5 Å². The first-order valence-electron chi connectivity index (χ1n) is 8.42. The van der Waals surface area contributed by atoms with Crippen LogP contribution in [0.2, 0.25) is 0 Å². The van der Waals surface area contributed by atoms with Crippen LogP contribution in [0.5, 0.6) is 0 Å². The minimum absolute atomic E-state index is 0.0632. The summed E-state index contributed by atoms with van der Waals surface area (Å²) < 4.78 is 0. The number of nitrogens with one attached hydrogen (secondary N) is 3. The molecule has 0 aromatic heterocycles. The summed E-state index contributed by atoms with van der Waals surface area (Å²) in [6.45, 7) is 8.10. The average Bonchev–Trinajstić information content (AvgIpc) is 2.57. The number of carbonyl (C=O) groups excluding carboxylic acids is 2. The van der Waals surface area contributed by atoms with E-state index in [9.17, 15) is 9.59 Å². The molecular weight excluding hydrogens is 306 g/mol. The minimum Gasteiger partial charge on any atom is -0.394 e. The SMILES string of the molecule is CCC(CO)NC(=O)c1ccc(NCC(=O)NC(C)C(C)C)cc1. The van der Waals surface area contributed by atoms with E-state index in [4.69, 9.17) is 5.11 Å². The highest BCUT2D eigenvalue weighted by Crippen LogP contribution is 2.10. The van der Waals surface area contributed by atoms with Crippen molar-refractivity contribution in [3.05, 3.63) is 29.8 Å². The Labute approximate surface area is 144 Å². The van der Waals surface area contributed by atoms with Gasteiger partial charge in [-0.05, 0) is 43.5 Å². The molecule has 4 N–H and O–H groups in total. The molecule has 0 saturated carbocycles. The van der Waals surface area contributed by atoms with Crippen molar-refractivity contribution < 1.29 is 14.7 Å². The number of hydrogen-bond donors (Lipinski definition) is 4. The van der Waals surface area contributed by atoms with Gasteiger partial charge in [-0.2, -0.15) is 0 Å². The first kappa shape index (κ1) is 20.0. The van der Waals surface area contributed by atoms with Gasteiger partial charge in [0.05, 0.1) is 19.2 Å². The fourth-order valence-corrected chi connectivity index (χ4v) is 1.94. The molecule has 6 heteroatoms. The van der Waals surface area contributed by atoms with Gasteiger partial charge in [0.25, 0.3) is 5.91 Å². The summed E-state index contributed by atoms with van der Waals surface area (Å²) in [4.78, 5) is 23.9. The molecule has 1 aromatic carbocycles. The van der Waals surface area contributed by atoms with Crippen LogP contribution in [-0.4, -0.2) is 42.2 Å². The lowest BCUT2D eigenvalue weighted by Crippen LogP contribution is -2.39. The summed E-state index contributed by atoms with van der Waals surface area (Å²) in [6, 6.07) is 6.79. The molecule has 0 aliphatic heterocycles. The fourth-order valence-electron chi connectivity index (χ4n) is 1.94. The van der Waals surface area contributed by atoms with Crippen LogP contribution in [0, 0.1) is 5.92 Å². The lowest BCUT2D eigenvalue weighted by Gasteiger charge is -2.18. The van der Waals surface area contributed by atoms with E-state index in [0.717, 1.165) is 5.69 Å². The first-order chi connectivity index (χ1) is 11.4.